The molecule has 0 aliphatic heterocycles. The third kappa shape index (κ3) is 3.64. The summed E-state index contributed by atoms with van der Waals surface area (Å²) in [6.07, 6.45) is -4.56. The highest BCUT2D eigenvalue weighted by molar-refractivity contribution is 5.41. The van der Waals surface area contributed by atoms with Crippen LogP contribution >= 0.6 is 0 Å². The van der Waals surface area contributed by atoms with Crippen molar-refractivity contribution in [2.45, 2.75) is 38.6 Å². The minimum Gasteiger partial charge on any atom is -0.496 e. The van der Waals surface area contributed by atoms with Gasteiger partial charge in [-0.3, -0.25) is 0 Å². The van der Waals surface area contributed by atoms with E-state index in [2.05, 4.69) is 0 Å². The van der Waals surface area contributed by atoms with Crippen molar-refractivity contribution in [3.63, 3.8) is 0 Å². The zero-order chi connectivity index (χ0) is 15.5. The van der Waals surface area contributed by atoms with Gasteiger partial charge in [0.2, 0.25) is 0 Å². The Kier molecular flexibility index (Phi) is 5.42. The molecule has 0 aromatic heterocycles. The molecule has 0 aliphatic rings. The molecule has 1 unspecified atom stereocenters. The van der Waals surface area contributed by atoms with Gasteiger partial charge in [0.25, 0.3) is 0 Å². The molecule has 0 saturated carbocycles. The number of hydrogen-bond acceptors (Lipinski definition) is 3. The first-order valence-electron chi connectivity index (χ1n) is 6.41. The topological polar surface area (TPSA) is 55.5 Å². The number of hydrogen-bond donors (Lipinski definition) is 2. The highest BCUT2D eigenvalue weighted by Gasteiger charge is 2.32. The first-order valence-corrected chi connectivity index (χ1v) is 6.41. The zero-order valence-corrected chi connectivity index (χ0v) is 11.7. The summed E-state index contributed by atoms with van der Waals surface area (Å²) in [7, 11) is 1.28. The van der Waals surface area contributed by atoms with Gasteiger partial charge in [-0.2, -0.15) is 13.2 Å². The van der Waals surface area contributed by atoms with E-state index in [1.165, 1.54) is 13.2 Å². The van der Waals surface area contributed by atoms with Crippen LogP contribution < -0.4 is 10.5 Å². The summed E-state index contributed by atoms with van der Waals surface area (Å²) in [5, 5.41) is 10.1. The molecule has 0 heterocycles. The van der Waals surface area contributed by atoms with Crippen molar-refractivity contribution in [3.05, 3.63) is 29.3 Å². The number of aliphatic hydroxyl groups excluding tert-OH is 1. The third-order valence-corrected chi connectivity index (χ3v) is 3.51. The van der Waals surface area contributed by atoms with Crippen LogP contribution in [0.5, 0.6) is 5.75 Å². The van der Waals surface area contributed by atoms with Gasteiger partial charge in [-0.1, -0.05) is 26.3 Å². The van der Waals surface area contributed by atoms with Crippen LogP contribution in [0, 0.1) is 5.92 Å². The fraction of sp³-hybridized carbons (Fsp3) is 0.571. The molecule has 1 aromatic rings. The van der Waals surface area contributed by atoms with Gasteiger partial charge in [0, 0.05) is 5.56 Å². The van der Waals surface area contributed by atoms with E-state index in [9.17, 15) is 18.3 Å². The fourth-order valence-electron chi connectivity index (χ4n) is 1.94. The summed E-state index contributed by atoms with van der Waals surface area (Å²) >= 11 is 0. The number of ether oxygens (including phenoxy) is 1. The predicted molar refractivity (Wildman–Crippen MR) is 70.4 cm³/mol. The number of methoxy groups -OCH3 is 1. The number of halogens is 3. The summed E-state index contributed by atoms with van der Waals surface area (Å²) < 4.78 is 42.9. The molecule has 0 radical (unpaired) electrons. The van der Waals surface area contributed by atoms with Crippen molar-refractivity contribution >= 4 is 0 Å². The van der Waals surface area contributed by atoms with Crippen LogP contribution in [0.2, 0.25) is 0 Å². The lowest BCUT2D eigenvalue weighted by atomic mass is 9.90. The maximum atomic E-state index is 12.6. The predicted octanol–water partition coefficient (Wildman–Crippen LogP) is 3.12. The standard InChI is InChI=1S/C14H20F3NO2/c1-4-8(2)13(19)12(18)10-6-5-9(14(15,16)17)7-11(10)20-3/h5-8,12-13,19H,4,18H2,1-3H3/t8?,12-,13+/m0/s1. The summed E-state index contributed by atoms with van der Waals surface area (Å²) in [6.45, 7) is 3.74. The van der Waals surface area contributed by atoms with Crippen LogP contribution in [-0.2, 0) is 6.18 Å². The first kappa shape index (κ1) is 16.8. The molecule has 3 atom stereocenters. The molecule has 0 aliphatic carbocycles. The third-order valence-electron chi connectivity index (χ3n) is 3.51. The Morgan fingerprint density at radius 1 is 1.35 bits per heavy atom. The lowest BCUT2D eigenvalue weighted by molar-refractivity contribution is -0.137. The number of rotatable bonds is 5. The maximum absolute atomic E-state index is 12.6. The Morgan fingerprint density at radius 3 is 2.40 bits per heavy atom. The molecule has 0 amide bonds. The molecule has 0 fully saturated rings. The number of aliphatic hydroxyl groups is 1. The lowest BCUT2D eigenvalue weighted by Gasteiger charge is -2.26. The van der Waals surface area contributed by atoms with Gasteiger partial charge in [-0.25, -0.2) is 0 Å². The van der Waals surface area contributed by atoms with Crippen molar-refractivity contribution in [1.29, 1.82) is 0 Å². The van der Waals surface area contributed by atoms with E-state index >= 15 is 0 Å². The molecular formula is C14H20F3NO2. The smallest absolute Gasteiger partial charge is 0.416 e. The van der Waals surface area contributed by atoms with E-state index in [-0.39, 0.29) is 11.7 Å². The van der Waals surface area contributed by atoms with Gasteiger partial charge in [-0.15, -0.1) is 0 Å². The molecule has 0 bridgehead atoms. The Labute approximate surface area is 116 Å². The van der Waals surface area contributed by atoms with Crippen LogP contribution in [0.4, 0.5) is 13.2 Å². The SMILES string of the molecule is CCC(C)[C@@H](O)[C@@H](N)c1ccc(C(F)(F)F)cc1OC. The van der Waals surface area contributed by atoms with Gasteiger partial charge >= 0.3 is 6.18 Å². The molecule has 0 saturated heterocycles. The molecule has 1 rings (SSSR count). The van der Waals surface area contributed by atoms with E-state index in [1.54, 1.807) is 0 Å². The second-order valence-electron chi connectivity index (χ2n) is 4.86. The van der Waals surface area contributed by atoms with Crippen LogP contribution in [0.1, 0.15) is 37.4 Å². The van der Waals surface area contributed by atoms with E-state index in [1.807, 2.05) is 13.8 Å². The average Bonchev–Trinajstić information content (AvgIpc) is 2.43. The summed E-state index contributed by atoms with van der Waals surface area (Å²) in [5.41, 5.74) is 5.51. The Morgan fingerprint density at radius 2 is 1.95 bits per heavy atom. The maximum Gasteiger partial charge on any atom is 0.416 e. The monoisotopic (exact) mass is 291 g/mol. The van der Waals surface area contributed by atoms with Crippen LogP contribution in [0.25, 0.3) is 0 Å². The van der Waals surface area contributed by atoms with Gasteiger partial charge in [0.05, 0.1) is 24.8 Å². The summed E-state index contributed by atoms with van der Waals surface area (Å²) in [4.78, 5) is 0. The summed E-state index contributed by atoms with van der Waals surface area (Å²) in [5.74, 6) is -0.0216. The van der Waals surface area contributed by atoms with Crippen molar-refractivity contribution in [2.75, 3.05) is 7.11 Å². The molecule has 1 aromatic carbocycles. The minimum absolute atomic E-state index is 0.0367. The van der Waals surface area contributed by atoms with Crippen LogP contribution in [-0.4, -0.2) is 18.3 Å². The molecule has 0 spiro atoms. The molecule has 3 N–H and O–H groups in total. The van der Waals surface area contributed by atoms with Gasteiger partial charge in [-0.05, 0) is 18.1 Å². The molecular weight excluding hydrogens is 271 g/mol. The summed E-state index contributed by atoms with van der Waals surface area (Å²) in [6, 6.07) is 2.32. The van der Waals surface area contributed by atoms with E-state index in [0.717, 1.165) is 18.6 Å². The van der Waals surface area contributed by atoms with E-state index < -0.39 is 23.9 Å². The van der Waals surface area contributed by atoms with Crippen molar-refractivity contribution in [2.24, 2.45) is 11.7 Å². The Balaban J connectivity index is 3.13. The second-order valence-corrected chi connectivity index (χ2v) is 4.86. The zero-order valence-electron chi connectivity index (χ0n) is 11.7. The van der Waals surface area contributed by atoms with Crippen molar-refractivity contribution in [3.8, 4) is 5.75 Å². The quantitative estimate of drug-likeness (QED) is 0.876. The van der Waals surface area contributed by atoms with Crippen LogP contribution in [0.15, 0.2) is 18.2 Å². The largest absolute Gasteiger partial charge is 0.496 e. The molecule has 114 valence electrons. The molecule has 6 heteroatoms. The first-order chi connectivity index (χ1) is 9.22. The lowest BCUT2D eigenvalue weighted by Crippen LogP contribution is -2.32. The highest BCUT2D eigenvalue weighted by Crippen LogP contribution is 2.36. The Hall–Kier alpha value is -1.27. The minimum atomic E-state index is -4.44. The number of benzene rings is 1. The van der Waals surface area contributed by atoms with E-state index in [0.29, 0.717) is 5.56 Å². The number of nitrogens with two attached hydrogens (primary N) is 1. The highest BCUT2D eigenvalue weighted by atomic mass is 19.4. The molecule has 20 heavy (non-hydrogen) atoms. The van der Waals surface area contributed by atoms with Gasteiger partial charge in [0.1, 0.15) is 5.75 Å². The second kappa shape index (κ2) is 6.45. The molecule has 3 nitrogen and oxygen atoms in total. The van der Waals surface area contributed by atoms with Crippen molar-refractivity contribution < 1.29 is 23.0 Å². The number of alkyl halides is 3. The normalized spacial score (nSPS) is 16.6. The van der Waals surface area contributed by atoms with E-state index in [4.69, 9.17) is 10.5 Å². The Bertz CT molecular complexity index is 449. The van der Waals surface area contributed by atoms with Crippen molar-refractivity contribution in [1.82, 2.24) is 0 Å². The fourth-order valence-corrected chi connectivity index (χ4v) is 1.94. The van der Waals surface area contributed by atoms with Crippen LogP contribution in [0.3, 0.4) is 0 Å². The van der Waals surface area contributed by atoms with Gasteiger partial charge < -0.3 is 15.6 Å². The average molecular weight is 291 g/mol. The van der Waals surface area contributed by atoms with Gasteiger partial charge in [0.15, 0.2) is 0 Å².